The number of unbranched alkanes of at least 4 members (excludes halogenated alkanes) is 34. The second kappa shape index (κ2) is 69.6. The number of hydrogen-bond acceptors (Lipinski definition) is 6. The molecule has 0 aliphatic carbocycles. The van der Waals surface area contributed by atoms with Crippen molar-refractivity contribution >= 4 is 17.9 Å². The summed E-state index contributed by atoms with van der Waals surface area (Å²) in [6, 6.07) is 0. The van der Waals surface area contributed by atoms with E-state index < -0.39 is 6.10 Å². The minimum atomic E-state index is -0.784. The van der Waals surface area contributed by atoms with E-state index in [0.717, 1.165) is 109 Å². The average Bonchev–Trinajstić information content (AvgIpc) is 3.47. The van der Waals surface area contributed by atoms with Crippen LogP contribution in [0.3, 0.4) is 0 Å². The van der Waals surface area contributed by atoms with E-state index in [1.165, 1.54) is 186 Å². The molecule has 0 N–H and O–H groups in total. The van der Waals surface area contributed by atoms with E-state index in [0.29, 0.717) is 19.3 Å². The van der Waals surface area contributed by atoms with Gasteiger partial charge < -0.3 is 14.2 Å². The fourth-order valence-electron chi connectivity index (χ4n) is 9.75. The molecule has 0 bridgehead atoms. The molecule has 6 heteroatoms. The van der Waals surface area contributed by atoms with Crippen LogP contribution >= 0.6 is 0 Å². The molecule has 0 aliphatic heterocycles. The van der Waals surface area contributed by atoms with Crippen LogP contribution in [0.4, 0.5) is 0 Å². The van der Waals surface area contributed by atoms with Gasteiger partial charge in [0.15, 0.2) is 6.10 Å². The third kappa shape index (κ3) is 66.9. The second-order valence-corrected chi connectivity index (χ2v) is 23.1. The molecule has 82 heavy (non-hydrogen) atoms. The minimum Gasteiger partial charge on any atom is -0.462 e. The van der Waals surface area contributed by atoms with Crippen LogP contribution in [0.2, 0.25) is 0 Å². The zero-order valence-electron chi connectivity index (χ0n) is 54.0. The Bertz CT molecular complexity index is 1640. The van der Waals surface area contributed by atoms with Crippen molar-refractivity contribution in [2.75, 3.05) is 13.2 Å². The third-order valence-electron chi connectivity index (χ3n) is 15.0. The summed E-state index contributed by atoms with van der Waals surface area (Å²) in [6.45, 7) is 6.50. The number of esters is 3. The van der Waals surface area contributed by atoms with Gasteiger partial charge in [-0.05, 0) is 122 Å². The van der Waals surface area contributed by atoms with E-state index in [2.05, 4.69) is 130 Å². The monoisotopic (exact) mass is 1140 g/mol. The Morgan fingerprint density at radius 1 is 0.256 bits per heavy atom. The quantitative estimate of drug-likeness (QED) is 0.0261. The highest BCUT2D eigenvalue weighted by Gasteiger charge is 2.19. The summed E-state index contributed by atoms with van der Waals surface area (Å²) in [5.41, 5.74) is 0. The van der Waals surface area contributed by atoms with Crippen LogP contribution in [0.15, 0.2) is 109 Å². The van der Waals surface area contributed by atoms with E-state index in [9.17, 15) is 14.4 Å². The van der Waals surface area contributed by atoms with Gasteiger partial charge in [0.2, 0.25) is 0 Å². The molecule has 0 heterocycles. The van der Waals surface area contributed by atoms with Crippen LogP contribution in [0.25, 0.3) is 0 Å². The van der Waals surface area contributed by atoms with E-state index in [1.807, 2.05) is 0 Å². The predicted molar refractivity (Wildman–Crippen MR) is 357 cm³/mol. The minimum absolute atomic E-state index is 0.0806. The number of hydrogen-bond donors (Lipinski definition) is 0. The summed E-state index contributed by atoms with van der Waals surface area (Å²) >= 11 is 0. The van der Waals surface area contributed by atoms with Crippen LogP contribution in [0.1, 0.15) is 335 Å². The molecule has 0 radical (unpaired) electrons. The fourth-order valence-corrected chi connectivity index (χ4v) is 9.75. The van der Waals surface area contributed by atoms with E-state index in [1.54, 1.807) is 0 Å². The highest BCUT2D eigenvalue weighted by Crippen LogP contribution is 2.17. The Morgan fingerprint density at radius 2 is 0.488 bits per heavy atom. The first kappa shape index (κ1) is 78.1. The largest absolute Gasteiger partial charge is 0.462 e. The van der Waals surface area contributed by atoms with Gasteiger partial charge in [0.25, 0.3) is 0 Å². The average molecular weight is 1140 g/mol. The van der Waals surface area contributed by atoms with Crippen molar-refractivity contribution in [1.82, 2.24) is 0 Å². The Balaban J connectivity index is 4.16. The summed E-state index contributed by atoms with van der Waals surface area (Å²) in [6.07, 6.45) is 95.5. The molecular weight excluding hydrogens is 1010 g/mol. The molecular formula is C76H130O6. The molecule has 1 unspecified atom stereocenters. The van der Waals surface area contributed by atoms with Crippen molar-refractivity contribution in [2.24, 2.45) is 0 Å². The van der Waals surface area contributed by atoms with Crippen molar-refractivity contribution < 1.29 is 28.6 Å². The molecule has 0 aromatic carbocycles. The molecule has 0 aromatic heterocycles. The first-order valence-electron chi connectivity index (χ1n) is 34.9. The van der Waals surface area contributed by atoms with Crippen LogP contribution in [-0.4, -0.2) is 37.2 Å². The molecule has 0 aliphatic rings. The van der Waals surface area contributed by atoms with Gasteiger partial charge in [-0.2, -0.15) is 0 Å². The lowest BCUT2D eigenvalue weighted by atomic mass is 10.0. The van der Waals surface area contributed by atoms with Gasteiger partial charge in [0.1, 0.15) is 13.2 Å². The topological polar surface area (TPSA) is 78.9 Å². The fraction of sp³-hybridized carbons (Fsp3) is 0.724. The lowest BCUT2D eigenvalue weighted by molar-refractivity contribution is -0.167. The van der Waals surface area contributed by atoms with E-state index >= 15 is 0 Å². The molecule has 1 atom stereocenters. The summed E-state index contributed by atoms with van der Waals surface area (Å²) in [5, 5.41) is 0. The van der Waals surface area contributed by atoms with Gasteiger partial charge in [-0.15, -0.1) is 0 Å². The highest BCUT2D eigenvalue weighted by atomic mass is 16.6. The zero-order chi connectivity index (χ0) is 59.2. The molecule has 6 nitrogen and oxygen atoms in total. The van der Waals surface area contributed by atoms with Crippen molar-refractivity contribution in [3.05, 3.63) is 109 Å². The van der Waals surface area contributed by atoms with E-state index in [4.69, 9.17) is 14.2 Å². The maximum atomic E-state index is 12.9. The summed E-state index contributed by atoms with van der Waals surface area (Å²) in [5.74, 6) is -0.884. The maximum absolute atomic E-state index is 12.9. The lowest BCUT2D eigenvalue weighted by Gasteiger charge is -2.18. The van der Waals surface area contributed by atoms with Gasteiger partial charge in [-0.1, -0.05) is 304 Å². The van der Waals surface area contributed by atoms with Crippen LogP contribution < -0.4 is 0 Å². The van der Waals surface area contributed by atoms with E-state index in [-0.39, 0.29) is 31.1 Å². The summed E-state index contributed by atoms with van der Waals surface area (Å²) < 4.78 is 16.9. The number of carbonyl (C=O) groups is 3. The predicted octanol–water partition coefficient (Wildman–Crippen LogP) is 24.2. The number of rotatable bonds is 63. The van der Waals surface area contributed by atoms with Gasteiger partial charge >= 0.3 is 17.9 Å². The summed E-state index contributed by atoms with van der Waals surface area (Å²) in [7, 11) is 0. The normalized spacial score (nSPS) is 12.8. The van der Waals surface area contributed by atoms with Crippen LogP contribution in [0, 0.1) is 0 Å². The van der Waals surface area contributed by atoms with Crippen molar-refractivity contribution in [3.63, 3.8) is 0 Å². The molecule has 0 saturated heterocycles. The molecule has 0 amide bonds. The molecule has 0 aromatic rings. The van der Waals surface area contributed by atoms with Crippen molar-refractivity contribution in [1.29, 1.82) is 0 Å². The number of ether oxygens (including phenoxy) is 3. The van der Waals surface area contributed by atoms with Gasteiger partial charge in [0, 0.05) is 19.3 Å². The first-order chi connectivity index (χ1) is 40.5. The maximum Gasteiger partial charge on any atom is 0.306 e. The van der Waals surface area contributed by atoms with Crippen LogP contribution in [-0.2, 0) is 28.6 Å². The SMILES string of the molecule is CC/C=C\C/C=C\C/C=C\C/C=C\C/C=C\C/C=C\C/C=C\CCCCCCCCCCCCCCCC(=O)OCC(COC(=O)CCCCCCC/C=C\CCCC)OC(=O)CCCCCCCCC/C=C\CCCCCCCCC. The molecule has 0 spiro atoms. The number of allylic oxidation sites excluding steroid dienone is 18. The van der Waals surface area contributed by atoms with Gasteiger partial charge in [-0.3, -0.25) is 14.4 Å². The highest BCUT2D eigenvalue weighted by molar-refractivity contribution is 5.71. The molecule has 0 rings (SSSR count). The Morgan fingerprint density at radius 3 is 0.793 bits per heavy atom. The molecule has 470 valence electrons. The van der Waals surface area contributed by atoms with Gasteiger partial charge in [0.05, 0.1) is 0 Å². The Hall–Kier alpha value is -3.93. The third-order valence-corrected chi connectivity index (χ3v) is 15.0. The lowest BCUT2D eigenvalue weighted by Crippen LogP contribution is -2.30. The Labute approximate surface area is 508 Å². The Kier molecular flexibility index (Phi) is 66.2. The van der Waals surface area contributed by atoms with Crippen molar-refractivity contribution in [2.45, 2.75) is 341 Å². The first-order valence-corrected chi connectivity index (χ1v) is 34.9. The zero-order valence-corrected chi connectivity index (χ0v) is 54.0. The number of carbonyl (C=O) groups excluding carboxylic acids is 3. The standard InChI is InChI=1S/C76H130O6/c1-4-7-10-13-16-19-22-24-26-28-30-31-32-33-34-35-36-37-38-39-40-41-42-43-44-45-46-48-49-51-54-57-60-63-66-69-75(78)81-72-73(71-80-74(77)68-65-62-59-56-53-21-18-15-12-9-6-3)82-76(79)70-67-64-61-58-55-52-50-47-29-27-25-23-20-17-14-11-8-5-2/h7,10,15-16,18-19,24,26-27,29-31,33-34,36-37,39-40,73H,4-6,8-9,11-14,17,20-23,25,28,32,35,38,41-72H2,1-3H3/b10-7-,18-15-,19-16-,26-24-,29-27-,31-30-,34-33-,37-36-,40-39-. The van der Waals surface area contributed by atoms with Crippen molar-refractivity contribution in [3.8, 4) is 0 Å². The molecule has 0 fully saturated rings. The second-order valence-electron chi connectivity index (χ2n) is 23.1. The summed E-state index contributed by atoms with van der Waals surface area (Å²) in [4.78, 5) is 38.3. The smallest absolute Gasteiger partial charge is 0.306 e. The van der Waals surface area contributed by atoms with Crippen LogP contribution in [0.5, 0.6) is 0 Å². The van der Waals surface area contributed by atoms with Gasteiger partial charge in [-0.25, -0.2) is 0 Å². The molecule has 0 saturated carbocycles.